The highest BCUT2D eigenvalue weighted by Crippen LogP contribution is 2.34. The third-order valence-corrected chi connectivity index (χ3v) is 5.48. The molecular formula is C23H31N5O2. The Labute approximate surface area is 177 Å². The number of carbonyl (C=O) groups is 1. The topological polar surface area (TPSA) is 75.7 Å². The predicted molar refractivity (Wildman–Crippen MR) is 117 cm³/mol. The quantitative estimate of drug-likeness (QED) is 0.677. The Bertz CT molecular complexity index is 1040. The summed E-state index contributed by atoms with van der Waals surface area (Å²) >= 11 is 0. The van der Waals surface area contributed by atoms with Crippen molar-refractivity contribution in [2.45, 2.75) is 64.8 Å². The fourth-order valence-electron chi connectivity index (χ4n) is 3.98. The van der Waals surface area contributed by atoms with E-state index in [0.717, 1.165) is 42.2 Å². The first-order valence-corrected chi connectivity index (χ1v) is 10.7. The predicted octanol–water partition coefficient (Wildman–Crippen LogP) is 4.68. The molecule has 0 aliphatic carbocycles. The number of piperidine rings is 1. The van der Waals surface area contributed by atoms with Gasteiger partial charge in [-0.3, -0.25) is 9.20 Å². The number of likely N-dealkylation sites (tertiary alicyclic amines) is 1. The molecule has 1 aliphatic heterocycles. The maximum absolute atomic E-state index is 13.0. The number of carbonyl (C=O) groups excluding carboxylic acids is 1. The van der Waals surface area contributed by atoms with Gasteiger partial charge in [0.2, 0.25) is 5.76 Å². The monoisotopic (exact) mass is 409 g/mol. The Morgan fingerprint density at radius 3 is 2.80 bits per heavy atom. The van der Waals surface area contributed by atoms with Crippen LogP contribution in [0.1, 0.15) is 81.2 Å². The molecule has 0 spiro atoms. The van der Waals surface area contributed by atoms with Gasteiger partial charge in [0.25, 0.3) is 5.91 Å². The van der Waals surface area contributed by atoms with E-state index < -0.39 is 0 Å². The van der Waals surface area contributed by atoms with Gasteiger partial charge in [-0.05, 0) is 51.7 Å². The molecule has 7 nitrogen and oxygen atoms in total. The second-order valence-electron chi connectivity index (χ2n) is 9.51. The van der Waals surface area contributed by atoms with Crippen molar-refractivity contribution in [3.8, 4) is 0 Å². The van der Waals surface area contributed by atoms with Crippen LogP contribution in [0, 0.1) is 0 Å². The highest BCUT2D eigenvalue weighted by molar-refractivity contribution is 5.91. The molecule has 1 atom stereocenters. The summed E-state index contributed by atoms with van der Waals surface area (Å²) in [5, 5.41) is 7.67. The number of hydrogen-bond acceptors (Lipinski definition) is 5. The number of aromatic nitrogens is 3. The Balaban J connectivity index is 1.62. The number of nitrogens with zero attached hydrogens (tertiary/aromatic N) is 4. The second kappa shape index (κ2) is 7.78. The summed E-state index contributed by atoms with van der Waals surface area (Å²) in [4.78, 5) is 19.9. The van der Waals surface area contributed by atoms with Crippen molar-refractivity contribution in [3.63, 3.8) is 0 Å². The van der Waals surface area contributed by atoms with E-state index in [1.54, 1.807) is 6.07 Å². The summed E-state index contributed by atoms with van der Waals surface area (Å²) in [7, 11) is 0. The average Bonchev–Trinajstić information content (AvgIpc) is 3.32. The van der Waals surface area contributed by atoms with Crippen molar-refractivity contribution in [2.24, 2.45) is 0 Å². The molecule has 0 saturated carbocycles. The van der Waals surface area contributed by atoms with E-state index in [2.05, 4.69) is 35.6 Å². The lowest BCUT2D eigenvalue weighted by atomic mass is 9.94. The largest absolute Gasteiger partial charge is 0.365 e. The Morgan fingerprint density at radius 2 is 2.10 bits per heavy atom. The lowest BCUT2D eigenvalue weighted by Gasteiger charge is -2.32. The third kappa shape index (κ3) is 4.06. The van der Waals surface area contributed by atoms with Crippen LogP contribution < -0.4 is 5.32 Å². The zero-order chi connectivity index (χ0) is 21.5. The molecule has 0 aromatic carbocycles. The summed E-state index contributed by atoms with van der Waals surface area (Å²) in [6.45, 7) is 11.9. The minimum Gasteiger partial charge on any atom is -0.365 e. The van der Waals surface area contributed by atoms with Gasteiger partial charge in [0.05, 0.1) is 11.4 Å². The van der Waals surface area contributed by atoms with Crippen molar-refractivity contribution in [2.75, 3.05) is 18.4 Å². The van der Waals surface area contributed by atoms with Gasteiger partial charge in [0.15, 0.2) is 0 Å². The van der Waals surface area contributed by atoms with E-state index >= 15 is 0 Å². The van der Waals surface area contributed by atoms with E-state index in [0.29, 0.717) is 12.3 Å². The zero-order valence-electron chi connectivity index (χ0n) is 18.5. The van der Waals surface area contributed by atoms with E-state index in [1.807, 2.05) is 43.1 Å². The van der Waals surface area contributed by atoms with Crippen LogP contribution >= 0.6 is 0 Å². The number of imidazole rings is 1. The van der Waals surface area contributed by atoms with Gasteiger partial charge >= 0.3 is 0 Å². The molecule has 3 aromatic rings. The van der Waals surface area contributed by atoms with E-state index in [-0.39, 0.29) is 23.3 Å². The van der Waals surface area contributed by atoms with Crippen LogP contribution in [0.3, 0.4) is 0 Å². The number of amides is 1. The number of fused-ring (bicyclic) bond motifs is 1. The molecule has 4 rings (SSSR count). The maximum atomic E-state index is 13.0. The van der Waals surface area contributed by atoms with Crippen LogP contribution in [0.2, 0.25) is 0 Å². The number of anilines is 1. The Morgan fingerprint density at radius 1 is 1.30 bits per heavy atom. The molecule has 1 aliphatic rings. The minimum absolute atomic E-state index is 0.0896. The smallest absolute Gasteiger partial charge is 0.292 e. The molecule has 0 bridgehead atoms. The van der Waals surface area contributed by atoms with Crippen molar-refractivity contribution in [1.82, 2.24) is 19.4 Å². The number of nitrogens with one attached hydrogen (secondary N) is 1. The van der Waals surface area contributed by atoms with Gasteiger partial charge in [-0.15, -0.1) is 0 Å². The summed E-state index contributed by atoms with van der Waals surface area (Å²) in [5.74, 6) is 1.64. The standard InChI is InChI=1S/C23H31N5O2/c1-15(2)17-13-18(30-26-17)22(29)27-11-8-9-16(14-27)20-21(25-23(3,4)5)28-12-7-6-10-19(28)24-20/h6-7,10,12-13,15-16,25H,8-9,11,14H2,1-5H3. The first kappa shape index (κ1) is 20.4. The molecule has 7 heteroatoms. The molecule has 1 amide bonds. The molecule has 4 heterocycles. The van der Waals surface area contributed by atoms with E-state index in [4.69, 9.17) is 9.51 Å². The first-order valence-electron chi connectivity index (χ1n) is 10.7. The Kier molecular flexibility index (Phi) is 5.30. The molecule has 1 unspecified atom stereocenters. The lowest BCUT2D eigenvalue weighted by molar-refractivity contribution is 0.0664. The van der Waals surface area contributed by atoms with Gasteiger partial charge < -0.3 is 14.7 Å². The normalized spacial score (nSPS) is 17.7. The lowest BCUT2D eigenvalue weighted by Crippen LogP contribution is -2.39. The van der Waals surface area contributed by atoms with Crippen LogP contribution in [0.5, 0.6) is 0 Å². The molecular weight excluding hydrogens is 378 g/mol. The first-order chi connectivity index (χ1) is 14.2. The highest BCUT2D eigenvalue weighted by Gasteiger charge is 2.32. The fourth-order valence-corrected chi connectivity index (χ4v) is 3.98. The van der Waals surface area contributed by atoms with Crippen molar-refractivity contribution in [1.29, 1.82) is 0 Å². The molecule has 0 radical (unpaired) electrons. The summed E-state index contributed by atoms with van der Waals surface area (Å²) in [6.07, 6.45) is 3.97. The maximum Gasteiger partial charge on any atom is 0.292 e. The summed E-state index contributed by atoms with van der Waals surface area (Å²) in [5.41, 5.74) is 2.65. The van der Waals surface area contributed by atoms with E-state index in [1.165, 1.54) is 0 Å². The van der Waals surface area contributed by atoms with Crippen molar-refractivity contribution in [3.05, 3.63) is 47.6 Å². The minimum atomic E-state index is -0.0994. The number of hydrogen-bond donors (Lipinski definition) is 1. The zero-order valence-corrected chi connectivity index (χ0v) is 18.5. The summed E-state index contributed by atoms with van der Waals surface area (Å²) in [6, 6.07) is 7.80. The van der Waals surface area contributed by atoms with Crippen LogP contribution in [0.4, 0.5) is 5.82 Å². The Hall–Kier alpha value is -2.83. The van der Waals surface area contributed by atoms with Gasteiger partial charge in [0.1, 0.15) is 11.5 Å². The molecule has 30 heavy (non-hydrogen) atoms. The van der Waals surface area contributed by atoms with Crippen LogP contribution in [0.25, 0.3) is 5.65 Å². The second-order valence-corrected chi connectivity index (χ2v) is 9.51. The average molecular weight is 410 g/mol. The fraction of sp³-hybridized carbons (Fsp3) is 0.522. The van der Waals surface area contributed by atoms with E-state index in [9.17, 15) is 4.79 Å². The third-order valence-electron chi connectivity index (χ3n) is 5.48. The number of rotatable bonds is 4. The molecule has 1 fully saturated rings. The van der Waals surface area contributed by atoms with Gasteiger partial charge in [-0.1, -0.05) is 25.1 Å². The van der Waals surface area contributed by atoms with Crippen LogP contribution in [0.15, 0.2) is 35.0 Å². The van der Waals surface area contributed by atoms with Gasteiger partial charge in [0, 0.05) is 36.8 Å². The molecule has 160 valence electrons. The molecule has 3 aromatic heterocycles. The summed E-state index contributed by atoms with van der Waals surface area (Å²) < 4.78 is 7.45. The van der Waals surface area contributed by atoms with Crippen molar-refractivity contribution < 1.29 is 9.32 Å². The SMILES string of the molecule is CC(C)c1cc(C(=O)N2CCCC(c3nc4ccccn4c3NC(C)(C)C)C2)on1. The highest BCUT2D eigenvalue weighted by atomic mass is 16.5. The number of pyridine rings is 1. The van der Waals surface area contributed by atoms with Gasteiger partial charge in [-0.2, -0.15) is 0 Å². The molecule has 1 N–H and O–H groups in total. The molecule has 1 saturated heterocycles. The van der Waals surface area contributed by atoms with Crippen molar-refractivity contribution >= 4 is 17.4 Å². The van der Waals surface area contributed by atoms with Gasteiger partial charge in [-0.25, -0.2) is 4.98 Å². The van der Waals surface area contributed by atoms with Crippen LogP contribution in [-0.4, -0.2) is 44.0 Å². The van der Waals surface area contributed by atoms with Crippen LogP contribution in [-0.2, 0) is 0 Å².